The summed E-state index contributed by atoms with van der Waals surface area (Å²) in [7, 11) is 0. The number of pyridine rings is 2. The zero-order chi connectivity index (χ0) is 14.5. The Hall–Kier alpha value is -1.42. The molecule has 1 N–H and O–H groups in total. The molecule has 2 heterocycles. The molecule has 0 bridgehead atoms. The van der Waals surface area contributed by atoms with Gasteiger partial charge in [-0.25, -0.2) is 9.66 Å². The lowest BCUT2D eigenvalue weighted by atomic mass is 10.1. The fourth-order valence-electron chi connectivity index (χ4n) is 2.30. The van der Waals surface area contributed by atoms with Crippen molar-refractivity contribution in [1.82, 2.24) is 9.66 Å². The van der Waals surface area contributed by atoms with Crippen LogP contribution >= 0.6 is 12.2 Å². The Labute approximate surface area is 126 Å². The Kier molecular flexibility index (Phi) is 5.12. The third-order valence-corrected chi connectivity index (χ3v) is 3.89. The topological polar surface area (TPSA) is 29.9 Å². The van der Waals surface area contributed by atoms with Gasteiger partial charge in [0.2, 0.25) is 0 Å². The number of aryl methyl sites for hydroxylation is 1. The summed E-state index contributed by atoms with van der Waals surface area (Å²) >= 11 is 5.58. The maximum Gasteiger partial charge on any atom is 0.159 e. The molecule has 2 rings (SSSR count). The molecule has 0 amide bonds. The predicted molar refractivity (Wildman–Crippen MR) is 88.2 cm³/mol. The van der Waals surface area contributed by atoms with Crippen molar-refractivity contribution in [2.45, 2.75) is 40.0 Å². The number of nitrogens with zero attached hydrogens (tertiary/aromatic N) is 2. The Morgan fingerprint density at radius 3 is 2.90 bits per heavy atom. The maximum atomic E-state index is 5.58. The number of rotatable bonds is 6. The van der Waals surface area contributed by atoms with Crippen molar-refractivity contribution in [2.75, 3.05) is 12.0 Å². The predicted octanol–water partition coefficient (Wildman–Crippen LogP) is 4.31. The van der Waals surface area contributed by atoms with Crippen LogP contribution in [0.3, 0.4) is 0 Å². The van der Waals surface area contributed by atoms with Gasteiger partial charge in [-0.2, -0.15) is 0 Å². The average molecular weight is 289 g/mol. The minimum atomic E-state index is 0.738. The molecule has 0 aliphatic carbocycles. The lowest BCUT2D eigenvalue weighted by Crippen LogP contribution is -2.20. The van der Waals surface area contributed by atoms with Crippen molar-refractivity contribution in [3.05, 3.63) is 34.6 Å². The fourth-order valence-corrected chi connectivity index (χ4v) is 2.65. The molecule has 0 saturated heterocycles. The largest absolute Gasteiger partial charge is 0.323 e. The highest BCUT2D eigenvalue weighted by molar-refractivity contribution is 7.71. The van der Waals surface area contributed by atoms with Crippen LogP contribution in [0.2, 0.25) is 0 Å². The van der Waals surface area contributed by atoms with Gasteiger partial charge < -0.3 is 5.43 Å². The number of nitrogens with one attached hydrogen (secondary N) is 1. The molecule has 0 spiro atoms. The minimum Gasteiger partial charge on any atom is -0.323 e. The van der Waals surface area contributed by atoms with Crippen LogP contribution in [-0.2, 0) is 6.42 Å². The van der Waals surface area contributed by atoms with Crippen LogP contribution in [0.15, 0.2) is 24.4 Å². The summed E-state index contributed by atoms with van der Waals surface area (Å²) in [5.74, 6) is 0.738. The molecule has 0 aromatic carbocycles. The first-order chi connectivity index (χ1) is 9.63. The standard InChI is InChI=1S/C16H23N3S/c1-4-13-11-14-8-6-9-17-15(14)19(16(13)20)18-10-5-7-12(2)3/h6,8-9,11-12,18H,4-5,7,10H2,1-3H3. The van der Waals surface area contributed by atoms with E-state index in [-0.39, 0.29) is 0 Å². The number of hydrogen-bond donors (Lipinski definition) is 1. The zero-order valence-corrected chi connectivity index (χ0v) is 13.3. The van der Waals surface area contributed by atoms with Crippen LogP contribution < -0.4 is 5.43 Å². The van der Waals surface area contributed by atoms with Crippen LogP contribution in [0.5, 0.6) is 0 Å². The van der Waals surface area contributed by atoms with Gasteiger partial charge in [0.05, 0.1) is 0 Å². The van der Waals surface area contributed by atoms with E-state index in [0.29, 0.717) is 0 Å². The van der Waals surface area contributed by atoms with E-state index in [4.69, 9.17) is 12.2 Å². The number of hydrogen-bond acceptors (Lipinski definition) is 3. The third-order valence-electron chi connectivity index (χ3n) is 3.45. The maximum absolute atomic E-state index is 5.58. The molecular formula is C16H23N3S. The Morgan fingerprint density at radius 1 is 1.40 bits per heavy atom. The van der Waals surface area contributed by atoms with Crippen LogP contribution in [0, 0.1) is 10.6 Å². The summed E-state index contributed by atoms with van der Waals surface area (Å²) in [6.07, 6.45) is 5.12. The van der Waals surface area contributed by atoms with Crippen LogP contribution in [0.4, 0.5) is 0 Å². The minimum absolute atomic E-state index is 0.738. The van der Waals surface area contributed by atoms with E-state index < -0.39 is 0 Å². The van der Waals surface area contributed by atoms with Gasteiger partial charge in [0.15, 0.2) is 5.65 Å². The van der Waals surface area contributed by atoms with Gasteiger partial charge in [0.25, 0.3) is 0 Å². The Bertz CT molecular complexity index is 631. The first-order valence-corrected chi connectivity index (χ1v) is 7.77. The highest BCUT2D eigenvalue weighted by Gasteiger charge is 2.06. The SMILES string of the molecule is CCc1cc2cccnc2n(NCCCC(C)C)c1=S. The second kappa shape index (κ2) is 6.84. The van der Waals surface area contributed by atoms with E-state index in [1.165, 1.54) is 12.0 Å². The highest BCUT2D eigenvalue weighted by atomic mass is 32.1. The smallest absolute Gasteiger partial charge is 0.159 e. The normalized spacial score (nSPS) is 11.2. The van der Waals surface area contributed by atoms with Gasteiger partial charge in [0, 0.05) is 18.1 Å². The van der Waals surface area contributed by atoms with Gasteiger partial charge in [-0.3, -0.25) is 0 Å². The first kappa shape index (κ1) is 15.0. The highest BCUT2D eigenvalue weighted by Crippen LogP contribution is 2.15. The van der Waals surface area contributed by atoms with E-state index in [1.807, 2.05) is 16.9 Å². The van der Waals surface area contributed by atoms with Crippen LogP contribution in [0.25, 0.3) is 11.0 Å². The molecule has 4 heteroatoms. The summed E-state index contributed by atoms with van der Waals surface area (Å²) in [6, 6.07) is 6.20. The Morgan fingerprint density at radius 2 is 2.20 bits per heavy atom. The van der Waals surface area contributed by atoms with Gasteiger partial charge in [-0.1, -0.05) is 33.0 Å². The van der Waals surface area contributed by atoms with Crippen molar-refractivity contribution < 1.29 is 0 Å². The molecule has 2 aromatic rings. The second-order valence-corrected chi connectivity index (χ2v) is 5.91. The molecule has 0 aliphatic rings. The van der Waals surface area contributed by atoms with E-state index in [9.17, 15) is 0 Å². The van der Waals surface area contributed by atoms with E-state index in [0.717, 1.165) is 41.0 Å². The van der Waals surface area contributed by atoms with Gasteiger partial charge >= 0.3 is 0 Å². The quantitative estimate of drug-likeness (QED) is 0.635. The van der Waals surface area contributed by atoms with Crippen molar-refractivity contribution in [3.63, 3.8) is 0 Å². The molecule has 0 aliphatic heterocycles. The van der Waals surface area contributed by atoms with Gasteiger partial charge in [-0.05, 0) is 48.9 Å². The van der Waals surface area contributed by atoms with Crippen molar-refractivity contribution >= 4 is 23.3 Å². The van der Waals surface area contributed by atoms with Crippen molar-refractivity contribution in [1.29, 1.82) is 0 Å². The molecule has 0 fully saturated rings. The van der Waals surface area contributed by atoms with Crippen molar-refractivity contribution in [3.8, 4) is 0 Å². The zero-order valence-electron chi connectivity index (χ0n) is 12.5. The lowest BCUT2D eigenvalue weighted by Gasteiger charge is -2.15. The van der Waals surface area contributed by atoms with E-state index in [2.05, 4.69) is 43.3 Å². The molecular weight excluding hydrogens is 266 g/mol. The average Bonchev–Trinajstić information content (AvgIpc) is 2.44. The lowest BCUT2D eigenvalue weighted by molar-refractivity contribution is 0.558. The summed E-state index contributed by atoms with van der Waals surface area (Å²) in [5.41, 5.74) is 5.54. The molecule has 3 nitrogen and oxygen atoms in total. The molecule has 0 atom stereocenters. The van der Waals surface area contributed by atoms with Gasteiger partial charge in [-0.15, -0.1) is 0 Å². The second-order valence-electron chi connectivity index (χ2n) is 5.52. The summed E-state index contributed by atoms with van der Waals surface area (Å²) in [5, 5.41) is 1.13. The summed E-state index contributed by atoms with van der Waals surface area (Å²) in [6.45, 7) is 7.56. The third kappa shape index (κ3) is 3.37. The molecule has 108 valence electrons. The van der Waals surface area contributed by atoms with Crippen LogP contribution in [0.1, 0.15) is 39.2 Å². The number of fused-ring (bicyclic) bond motifs is 1. The molecule has 0 unspecified atom stereocenters. The van der Waals surface area contributed by atoms with Crippen molar-refractivity contribution in [2.24, 2.45) is 5.92 Å². The van der Waals surface area contributed by atoms with Gasteiger partial charge in [0.1, 0.15) is 4.64 Å². The molecule has 20 heavy (non-hydrogen) atoms. The Balaban J connectivity index is 2.30. The number of aromatic nitrogens is 2. The fraction of sp³-hybridized carbons (Fsp3) is 0.500. The van der Waals surface area contributed by atoms with E-state index in [1.54, 1.807) is 0 Å². The summed E-state index contributed by atoms with van der Waals surface area (Å²) < 4.78 is 2.83. The van der Waals surface area contributed by atoms with E-state index >= 15 is 0 Å². The van der Waals surface area contributed by atoms with Crippen LogP contribution in [-0.4, -0.2) is 16.2 Å². The molecule has 2 aromatic heterocycles. The first-order valence-electron chi connectivity index (χ1n) is 7.37. The monoisotopic (exact) mass is 289 g/mol. The molecule has 0 saturated carbocycles. The molecule has 0 radical (unpaired) electrons. The summed E-state index contributed by atoms with van der Waals surface area (Å²) in [4.78, 5) is 4.47.